The van der Waals surface area contributed by atoms with E-state index in [0.717, 1.165) is 19.0 Å². The van der Waals surface area contributed by atoms with Gasteiger partial charge in [0.25, 0.3) is 0 Å². The van der Waals surface area contributed by atoms with Crippen molar-refractivity contribution in [1.29, 1.82) is 0 Å². The van der Waals surface area contributed by atoms with Gasteiger partial charge in [0, 0.05) is 31.7 Å². The summed E-state index contributed by atoms with van der Waals surface area (Å²) < 4.78 is 2.45. The van der Waals surface area contributed by atoms with Crippen LogP contribution in [0.2, 0.25) is 0 Å². The Labute approximate surface area is 84.7 Å². The predicted molar refractivity (Wildman–Crippen MR) is 55.2 cm³/mol. The largest absolute Gasteiger partial charge is 0.329 e. The zero-order valence-corrected chi connectivity index (χ0v) is 8.74. The summed E-state index contributed by atoms with van der Waals surface area (Å²) in [7, 11) is 2.18. The number of nitrogens with zero attached hydrogens (tertiary/aromatic N) is 3. The normalized spacial score (nSPS) is 23.2. The van der Waals surface area contributed by atoms with E-state index in [1.54, 1.807) is 0 Å². The van der Waals surface area contributed by atoms with E-state index in [1.807, 2.05) is 0 Å². The summed E-state index contributed by atoms with van der Waals surface area (Å²) in [6, 6.07) is 0. The molecule has 1 aromatic rings. The minimum atomic E-state index is 0.771. The van der Waals surface area contributed by atoms with E-state index in [9.17, 15) is 0 Å². The second kappa shape index (κ2) is 3.09. The van der Waals surface area contributed by atoms with E-state index in [1.165, 1.54) is 37.3 Å². The number of imidazole rings is 1. The highest BCUT2D eigenvalue weighted by Crippen LogP contribution is 2.36. The first-order valence-corrected chi connectivity index (χ1v) is 5.57. The van der Waals surface area contributed by atoms with Crippen molar-refractivity contribution in [3.63, 3.8) is 0 Å². The van der Waals surface area contributed by atoms with Gasteiger partial charge in [0.05, 0.1) is 5.69 Å². The Morgan fingerprint density at radius 3 is 2.93 bits per heavy atom. The third-order valence-electron chi connectivity index (χ3n) is 3.58. The van der Waals surface area contributed by atoms with Crippen LogP contribution >= 0.6 is 0 Å². The summed E-state index contributed by atoms with van der Waals surface area (Å²) in [6.45, 7) is 3.38. The van der Waals surface area contributed by atoms with E-state index < -0.39 is 0 Å². The maximum atomic E-state index is 4.59. The molecule has 0 amide bonds. The lowest BCUT2D eigenvalue weighted by molar-refractivity contribution is 0.260. The van der Waals surface area contributed by atoms with Crippen molar-refractivity contribution in [2.45, 2.75) is 38.3 Å². The molecular formula is C11H17N3. The third-order valence-corrected chi connectivity index (χ3v) is 3.58. The van der Waals surface area contributed by atoms with Crippen molar-refractivity contribution in [1.82, 2.24) is 14.5 Å². The summed E-state index contributed by atoms with van der Waals surface area (Å²) in [6.07, 6.45) is 6.18. The van der Waals surface area contributed by atoms with Gasteiger partial charge in [0.2, 0.25) is 0 Å². The van der Waals surface area contributed by atoms with Gasteiger partial charge >= 0.3 is 0 Å². The van der Waals surface area contributed by atoms with Crippen LogP contribution in [-0.2, 0) is 13.1 Å². The summed E-state index contributed by atoms with van der Waals surface area (Å²) in [5.74, 6) is 2.13. The summed E-state index contributed by atoms with van der Waals surface area (Å²) in [5.41, 5.74) is 1.40. The molecule has 3 rings (SSSR count). The first-order chi connectivity index (χ1) is 6.84. The Bertz CT molecular complexity index is 338. The van der Waals surface area contributed by atoms with Gasteiger partial charge in [-0.05, 0) is 19.9 Å². The van der Waals surface area contributed by atoms with Crippen LogP contribution in [0.1, 0.15) is 36.7 Å². The second-order valence-corrected chi connectivity index (χ2v) is 4.62. The van der Waals surface area contributed by atoms with Crippen LogP contribution in [0.3, 0.4) is 0 Å². The molecule has 1 aliphatic carbocycles. The molecule has 3 nitrogen and oxygen atoms in total. The van der Waals surface area contributed by atoms with E-state index >= 15 is 0 Å². The molecule has 76 valence electrons. The Morgan fingerprint density at radius 2 is 2.21 bits per heavy atom. The Kier molecular flexibility index (Phi) is 1.87. The zero-order valence-electron chi connectivity index (χ0n) is 8.74. The fourth-order valence-electron chi connectivity index (χ4n) is 2.43. The van der Waals surface area contributed by atoms with Crippen molar-refractivity contribution in [2.24, 2.45) is 0 Å². The minimum absolute atomic E-state index is 0.771. The zero-order chi connectivity index (χ0) is 9.54. The van der Waals surface area contributed by atoms with E-state index in [4.69, 9.17) is 0 Å². The maximum absolute atomic E-state index is 4.59. The van der Waals surface area contributed by atoms with Crippen molar-refractivity contribution in [3.8, 4) is 0 Å². The standard InChI is InChI=1S/C11H17N3/c1-13-5-6-14-10(8-13)7-12-11(14)9-3-2-4-9/h7,9H,2-6,8H2,1H3. The topological polar surface area (TPSA) is 21.1 Å². The van der Waals surface area contributed by atoms with Gasteiger partial charge in [-0.15, -0.1) is 0 Å². The highest BCUT2D eigenvalue weighted by atomic mass is 15.2. The van der Waals surface area contributed by atoms with Crippen LogP contribution in [0, 0.1) is 0 Å². The molecule has 3 heteroatoms. The summed E-state index contributed by atoms with van der Waals surface area (Å²) in [5, 5.41) is 0. The minimum Gasteiger partial charge on any atom is -0.329 e. The van der Waals surface area contributed by atoms with Gasteiger partial charge in [-0.2, -0.15) is 0 Å². The van der Waals surface area contributed by atoms with Crippen molar-refractivity contribution >= 4 is 0 Å². The molecule has 1 saturated carbocycles. The molecule has 1 aromatic heterocycles. The lowest BCUT2D eigenvalue weighted by atomic mass is 9.85. The van der Waals surface area contributed by atoms with Gasteiger partial charge in [0.1, 0.15) is 5.82 Å². The highest BCUT2D eigenvalue weighted by Gasteiger charge is 2.26. The SMILES string of the molecule is CN1CCn2c(cnc2C2CCC2)C1. The molecule has 0 radical (unpaired) electrons. The van der Waals surface area contributed by atoms with E-state index in [2.05, 4.69) is 27.7 Å². The molecule has 1 aliphatic heterocycles. The quantitative estimate of drug-likeness (QED) is 0.672. The van der Waals surface area contributed by atoms with Crippen LogP contribution in [0.25, 0.3) is 0 Å². The van der Waals surface area contributed by atoms with Gasteiger partial charge in [-0.1, -0.05) is 6.42 Å². The van der Waals surface area contributed by atoms with Gasteiger partial charge in [-0.25, -0.2) is 4.98 Å². The average molecular weight is 191 g/mol. The van der Waals surface area contributed by atoms with Crippen LogP contribution in [0.4, 0.5) is 0 Å². The van der Waals surface area contributed by atoms with Crippen LogP contribution in [-0.4, -0.2) is 28.0 Å². The molecule has 14 heavy (non-hydrogen) atoms. The summed E-state index contributed by atoms with van der Waals surface area (Å²) >= 11 is 0. The average Bonchev–Trinajstić information content (AvgIpc) is 2.45. The van der Waals surface area contributed by atoms with E-state index in [0.29, 0.717) is 0 Å². The lowest BCUT2D eigenvalue weighted by Crippen LogP contribution is -2.31. The van der Waals surface area contributed by atoms with Crippen LogP contribution < -0.4 is 0 Å². The fourth-order valence-corrected chi connectivity index (χ4v) is 2.43. The van der Waals surface area contributed by atoms with Crippen molar-refractivity contribution in [3.05, 3.63) is 17.7 Å². The van der Waals surface area contributed by atoms with E-state index in [-0.39, 0.29) is 0 Å². The maximum Gasteiger partial charge on any atom is 0.112 e. The molecule has 0 bridgehead atoms. The number of hydrogen-bond acceptors (Lipinski definition) is 2. The third kappa shape index (κ3) is 1.19. The molecule has 1 fully saturated rings. The molecule has 2 aliphatic rings. The van der Waals surface area contributed by atoms with Crippen LogP contribution in [0.5, 0.6) is 0 Å². The highest BCUT2D eigenvalue weighted by molar-refractivity contribution is 5.13. The number of hydrogen-bond donors (Lipinski definition) is 0. The Hall–Kier alpha value is -0.830. The second-order valence-electron chi connectivity index (χ2n) is 4.62. The fraction of sp³-hybridized carbons (Fsp3) is 0.727. The monoisotopic (exact) mass is 191 g/mol. The molecule has 0 aromatic carbocycles. The van der Waals surface area contributed by atoms with Gasteiger partial charge in [0.15, 0.2) is 0 Å². The molecular weight excluding hydrogens is 174 g/mol. The Balaban J connectivity index is 1.91. The molecule has 0 atom stereocenters. The van der Waals surface area contributed by atoms with Crippen molar-refractivity contribution < 1.29 is 0 Å². The lowest BCUT2D eigenvalue weighted by Gasteiger charge is -2.30. The first-order valence-electron chi connectivity index (χ1n) is 5.57. The number of rotatable bonds is 1. The van der Waals surface area contributed by atoms with Crippen LogP contribution in [0.15, 0.2) is 6.20 Å². The number of likely N-dealkylation sites (N-methyl/N-ethyl adjacent to an activating group) is 1. The smallest absolute Gasteiger partial charge is 0.112 e. The van der Waals surface area contributed by atoms with Gasteiger partial charge in [-0.3, -0.25) is 4.90 Å². The van der Waals surface area contributed by atoms with Crippen molar-refractivity contribution in [2.75, 3.05) is 13.6 Å². The molecule has 0 unspecified atom stereocenters. The number of aromatic nitrogens is 2. The molecule has 0 saturated heterocycles. The number of fused-ring (bicyclic) bond motifs is 1. The summed E-state index contributed by atoms with van der Waals surface area (Å²) in [4.78, 5) is 6.95. The molecule has 2 heterocycles. The molecule has 0 spiro atoms. The van der Waals surface area contributed by atoms with Gasteiger partial charge < -0.3 is 4.57 Å². The Morgan fingerprint density at radius 1 is 1.36 bits per heavy atom. The predicted octanol–water partition coefficient (Wildman–Crippen LogP) is 1.60. The first kappa shape index (κ1) is 8.48. The molecule has 0 N–H and O–H groups in total.